The van der Waals surface area contributed by atoms with Crippen LogP contribution < -0.4 is 5.73 Å². The summed E-state index contributed by atoms with van der Waals surface area (Å²) in [6.07, 6.45) is 1.13. The molecule has 62 valence electrons. The van der Waals surface area contributed by atoms with Crippen LogP contribution in [0, 0.1) is 0 Å². The molecule has 0 saturated carbocycles. The van der Waals surface area contributed by atoms with Gasteiger partial charge in [-0.15, -0.1) is 0 Å². The Kier molecular flexibility index (Phi) is 4.66. The van der Waals surface area contributed by atoms with E-state index in [-0.39, 0.29) is 0 Å². The van der Waals surface area contributed by atoms with Gasteiger partial charge in [-0.05, 0) is 41.1 Å². The van der Waals surface area contributed by atoms with E-state index in [1.807, 2.05) is 11.8 Å². The molecule has 0 saturated heterocycles. The fraction of sp³-hybridized carbons (Fsp3) is 0.500. The molecule has 0 spiro atoms. The van der Waals surface area contributed by atoms with E-state index in [2.05, 4.69) is 16.8 Å². The van der Waals surface area contributed by atoms with E-state index >= 15 is 0 Å². The van der Waals surface area contributed by atoms with Gasteiger partial charge >= 0.3 is 0 Å². The molecule has 2 N–H and O–H groups in total. The number of hydrogen-bond donors (Lipinski definition) is 1. The summed E-state index contributed by atoms with van der Waals surface area (Å²) in [5.41, 5.74) is 6.82. The molecule has 1 aromatic rings. The van der Waals surface area contributed by atoms with Crippen LogP contribution in [0.2, 0.25) is 0 Å². The van der Waals surface area contributed by atoms with Crippen molar-refractivity contribution in [2.45, 2.75) is 12.2 Å². The molecule has 0 bridgehead atoms. The molecule has 1 heterocycles. The van der Waals surface area contributed by atoms with Crippen LogP contribution in [0.4, 0.5) is 0 Å². The first-order valence-electron chi connectivity index (χ1n) is 3.72. The van der Waals surface area contributed by atoms with Gasteiger partial charge in [0.15, 0.2) is 0 Å². The van der Waals surface area contributed by atoms with Crippen molar-refractivity contribution in [3.05, 3.63) is 22.4 Å². The Balaban J connectivity index is 2.04. The lowest BCUT2D eigenvalue weighted by Crippen LogP contribution is -1.99. The standard InChI is InChI=1S/C8H13NS2/c9-3-1-4-10-6-8-2-5-11-7-8/h2,5,7H,1,3-4,6,9H2. The van der Waals surface area contributed by atoms with E-state index in [1.54, 1.807) is 11.3 Å². The molecule has 0 atom stereocenters. The summed E-state index contributed by atoms with van der Waals surface area (Å²) in [4.78, 5) is 0. The summed E-state index contributed by atoms with van der Waals surface area (Å²) in [6, 6.07) is 2.18. The van der Waals surface area contributed by atoms with Crippen LogP contribution >= 0.6 is 23.1 Å². The van der Waals surface area contributed by atoms with Gasteiger partial charge in [0.1, 0.15) is 0 Å². The van der Waals surface area contributed by atoms with Crippen LogP contribution in [0.5, 0.6) is 0 Å². The number of hydrogen-bond acceptors (Lipinski definition) is 3. The molecule has 0 amide bonds. The number of nitrogens with two attached hydrogens (primary N) is 1. The predicted octanol–water partition coefficient (Wildman–Crippen LogP) is 2.33. The van der Waals surface area contributed by atoms with Gasteiger partial charge in [0.25, 0.3) is 0 Å². The summed E-state index contributed by atoms with van der Waals surface area (Å²) in [5, 5.41) is 4.33. The second-order valence-electron chi connectivity index (χ2n) is 2.33. The Hall–Kier alpha value is 0.01000. The van der Waals surface area contributed by atoms with Crippen molar-refractivity contribution in [2.24, 2.45) is 5.73 Å². The third kappa shape index (κ3) is 3.79. The zero-order valence-corrected chi connectivity index (χ0v) is 8.09. The largest absolute Gasteiger partial charge is 0.330 e. The fourth-order valence-corrected chi connectivity index (χ4v) is 2.45. The predicted molar refractivity (Wildman–Crippen MR) is 54.2 cm³/mol. The number of rotatable bonds is 5. The van der Waals surface area contributed by atoms with Crippen LogP contribution in [0.3, 0.4) is 0 Å². The topological polar surface area (TPSA) is 26.0 Å². The molecule has 1 aromatic heterocycles. The first kappa shape index (κ1) is 9.10. The van der Waals surface area contributed by atoms with Gasteiger partial charge < -0.3 is 5.73 Å². The van der Waals surface area contributed by atoms with Crippen LogP contribution in [-0.4, -0.2) is 12.3 Å². The highest BCUT2D eigenvalue weighted by Gasteiger charge is 1.92. The Morgan fingerprint density at radius 2 is 2.45 bits per heavy atom. The summed E-state index contributed by atoms with van der Waals surface area (Å²) < 4.78 is 0. The van der Waals surface area contributed by atoms with E-state index in [0.29, 0.717) is 0 Å². The van der Waals surface area contributed by atoms with Gasteiger partial charge in [-0.25, -0.2) is 0 Å². The SMILES string of the molecule is NCCCSCc1ccsc1. The van der Waals surface area contributed by atoms with E-state index in [4.69, 9.17) is 5.73 Å². The highest BCUT2D eigenvalue weighted by molar-refractivity contribution is 7.98. The maximum atomic E-state index is 5.38. The van der Waals surface area contributed by atoms with Gasteiger partial charge in [-0.3, -0.25) is 0 Å². The highest BCUT2D eigenvalue weighted by Crippen LogP contribution is 2.14. The summed E-state index contributed by atoms with van der Waals surface area (Å²) >= 11 is 3.73. The summed E-state index contributed by atoms with van der Waals surface area (Å²) in [5.74, 6) is 2.33. The first-order valence-corrected chi connectivity index (χ1v) is 5.82. The molecule has 1 nitrogen and oxygen atoms in total. The minimum Gasteiger partial charge on any atom is -0.330 e. The van der Waals surface area contributed by atoms with Crippen molar-refractivity contribution in [1.82, 2.24) is 0 Å². The third-order valence-corrected chi connectivity index (χ3v) is 3.19. The Bertz CT molecular complexity index is 172. The maximum Gasteiger partial charge on any atom is 0.0192 e. The second-order valence-corrected chi connectivity index (χ2v) is 4.21. The van der Waals surface area contributed by atoms with E-state index < -0.39 is 0 Å². The minimum atomic E-state index is 0.816. The van der Waals surface area contributed by atoms with Crippen molar-refractivity contribution < 1.29 is 0 Å². The van der Waals surface area contributed by atoms with Crippen molar-refractivity contribution >= 4 is 23.1 Å². The lowest BCUT2D eigenvalue weighted by atomic mass is 10.4. The van der Waals surface area contributed by atoms with E-state index in [9.17, 15) is 0 Å². The summed E-state index contributed by atoms with van der Waals surface area (Å²) in [6.45, 7) is 0.816. The molecule has 11 heavy (non-hydrogen) atoms. The maximum absolute atomic E-state index is 5.38. The van der Waals surface area contributed by atoms with Crippen LogP contribution in [0.1, 0.15) is 12.0 Å². The Morgan fingerprint density at radius 3 is 3.09 bits per heavy atom. The first-order chi connectivity index (χ1) is 5.43. The molecule has 0 aliphatic carbocycles. The molecular weight excluding hydrogens is 174 g/mol. The zero-order chi connectivity index (χ0) is 7.94. The van der Waals surface area contributed by atoms with Crippen molar-refractivity contribution in [1.29, 1.82) is 0 Å². The second kappa shape index (κ2) is 5.63. The van der Waals surface area contributed by atoms with Gasteiger partial charge in [-0.2, -0.15) is 23.1 Å². The van der Waals surface area contributed by atoms with Gasteiger partial charge in [0, 0.05) is 5.75 Å². The van der Waals surface area contributed by atoms with Crippen LogP contribution in [0.25, 0.3) is 0 Å². The fourth-order valence-electron chi connectivity index (χ4n) is 0.750. The normalized spacial score (nSPS) is 10.3. The highest BCUT2D eigenvalue weighted by atomic mass is 32.2. The molecule has 0 aromatic carbocycles. The lowest BCUT2D eigenvalue weighted by Gasteiger charge is -1.96. The molecule has 0 fully saturated rings. The van der Waals surface area contributed by atoms with Crippen molar-refractivity contribution in [3.63, 3.8) is 0 Å². The lowest BCUT2D eigenvalue weighted by molar-refractivity contribution is 0.943. The Morgan fingerprint density at radius 1 is 1.55 bits per heavy atom. The third-order valence-electron chi connectivity index (χ3n) is 1.34. The van der Waals surface area contributed by atoms with Crippen molar-refractivity contribution in [3.8, 4) is 0 Å². The summed E-state index contributed by atoms with van der Waals surface area (Å²) in [7, 11) is 0. The average molecular weight is 187 g/mol. The minimum absolute atomic E-state index is 0.816. The Labute approximate surface area is 76.0 Å². The van der Waals surface area contributed by atoms with Gasteiger partial charge in [0.05, 0.1) is 0 Å². The van der Waals surface area contributed by atoms with Crippen LogP contribution in [-0.2, 0) is 5.75 Å². The van der Waals surface area contributed by atoms with E-state index in [1.165, 1.54) is 11.3 Å². The monoisotopic (exact) mass is 187 g/mol. The smallest absolute Gasteiger partial charge is 0.0192 e. The quantitative estimate of drug-likeness (QED) is 0.716. The van der Waals surface area contributed by atoms with Gasteiger partial charge in [-0.1, -0.05) is 0 Å². The molecule has 0 radical (unpaired) electrons. The number of thiophene rings is 1. The zero-order valence-electron chi connectivity index (χ0n) is 6.45. The molecule has 0 aliphatic heterocycles. The molecular formula is C8H13NS2. The van der Waals surface area contributed by atoms with Crippen molar-refractivity contribution in [2.75, 3.05) is 12.3 Å². The molecule has 0 unspecified atom stereocenters. The van der Waals surface area contributed by atoms with Gasteiger partial charge in [0.2, 0.25) is 0 Å². The molecule has 1 rings (SSSR count). The molecule has 0 aliphatic rings. The molecule has 3 heteroatoms. The van der Waals surface area contributed by atoms with E-state index in [0.717, 1.165) is 18.7 Å². The van der Waals surface area contributed by atoms with Crippen LogP contribution in [0.15, 0.2) is 16.8 Å². The average Bonchev–Trinajstić information content (AvgIpc) is 2.50. The number of thioether (sulfide) groups is 1.